The monoisotopic (exact) mass is 577 g/mol. The Kier molecular flexibility index (Phi) is 8.59. The summed E-state index contributed by atoms with van der Waals surface area (Å²) in [5.41, 5.74) is 11.3. The van der Waals surface area contributed by atoms with Gasteiger partial charge in [0.2, 0.25) is 0 Å². The Labute approximate surface area is 248 Å². The second-order valence-electron chi connectivity index (χ2n) is 9.73. The lowest BCUT2D eigenvalue weighted by Crippen LogP contribution is -2.17. The minimum absolute atomic E-state index is 0.304. The number of hydrogen-bond donors (Lipinski definition) is 2. The highest BCUT2D eigenvalue weighted by Crippen LogP contribution is 2.27. The first-order valence-electron chi connectivity index (χ1n) is 13.5. The number of hydrazone groups is 1. The average Bonchev–Trinajstić information content (AvgIpc) is 3.57. The zero-order valence-corrected chi connectivity index (χ0v) is 24.7. The maximum Gasteiger partial charge on any atom is 0.338 e. The van der Waals surface area contributed by atoms with Gasteiger partial charge in [-0.25, -0.2) is 15.2 Å². The molecule has 0 fully saturated rings. The Hall–Kier alpha value is -5.02. The fraction of sp³-hybridized carbons (Fsp3) is 0.152. The van der Waals surface area contributed by atoms with Crippen LogP contribution in [0.1, 0.15) is 50.2 Å². The summed E-state index contributed by atoms with van der Waals surface area (Å²) in [6, 6.07) is 24.7. The Morgan fingerprint density at radius 3 is 2.33 bits per heavy atom. The van der Waals surface area contributed by atoms with Crippen LogP contribution in [0.3, 0.4) is 0 Å². The average molecular weight is 578 g/mol. The molecule has 0 atom stereocenters. The summed E-state index contributed by atoms with van der Waals surface area (Å²) in [5.74, 6) is -0.646. The number of aryl methyl sites for hydroxylation is 2. The summed E-state index contributed by atoms with van der Waals surface area (Å²) in [5, 5.41) is 10.3. The molecular weight excluding hydrogens is 546 g/mol. The fourth-order valence-electron chi connectivity index (χ4n) is 4.52. The van der Waals surface area contributed by atoms with Crippen molar-refractivity contribution < 1.29 is 14.3 Å². The van der Waals surface area contributed by atoms with Crippen LogP contribution in [0, 0.1) is 20.8 Å². The van der Waals surface area contributed by atoms with E-state index in [0.717, 1.165) is 44.7 Å². The molecule has 0 saturated heterocycles. The maximum atomic E-state index is 12.7. The van der Waals surface area contributed by atoms with E-state index in [2.05, 4.69) is 44.5 Å². The van der Waals surface area contributed by atoms with Gasteiger partial charge in [-0.1, -0.05) is 29.8 Å². The molecule has 9 heteroatoms. The zero-order chi connectivity index (χ0) is 29.6. The number of esters is 1. The number of rotatable bonds is 9. The van der Waals surface area contributed by atoms with Crippen LogP contribution in [0.15, 0.2) is 89.3 Å². The van der Waals surface area contributed by atoms with E-state index in [-0.39, 0.29) is 11.9 Å². The van der Waals surface area contributed by atoms with Gasteiger partial charge in [-0.15, -0.1) is 11.3 Å². The lowest BCUT2D eigenvalue weighted by atomic mass is 10.1. The second-order valence-corrected chi connectivity index (χ2v) is 10.6. The number of benzene rings is 3. The number of amides is 1. The van der Waals surface area contributed by atoms with Gasteiger partial charge in [0.1, 0.15) is 0 Å². The van der Waals surface area contributed by atoms with Gasteiger partial charge < -0.3 is 14.6 Å². The molecule has 42 heavy (non-hydrogen) atoms. The van der Waals surface area contributed by atoms with Crippen LogP contribution in [0.4, 0.5) is 10.8 Å². The van der Waals surface area contributed by atoms with Gasteiger partial charge in [0.15, 0.2) is 5.13 Å². The molecule has 0 aliphatic rings. The van der Waals surface area contributed by atoms with Crippen LogP contribution < -0.4 is 10.7 Å². The Morgan fingerprint density at radius 2 is 1.64 bits per heavy atom. The summed E-state index contributed by atoms with van der Waals surface area (Å²) >= 11 is 1.53. The quantitative estimate of drug-likeness (QED) is 0.110. The van der Waals surface area contributed by atoms with Gasteiger partial charge in [0, 0.05) is 44.8 Å². The molecule has 0 bridgehead atoms. The molecule has 3 aromatic carbocycles. The van der Waals surface area contributed by atoms with Crippen molar-refractivity contribution in [1.82, 2.24) is 15.0 Å². The summed E-state index contributed by atoms with van der Waals surface area (Å²) in [4.78, 5) is 29.4. The van der Waals surface area contributed by atoms with E-state index < -0.39 is 0 Å². The summed E-state index contributed by atoms with van der Waals surface area (Å²) < 4.78 is 7.13. The molecule has 5 aromatic rings. The Morgan fingerprint density at radius 1 is 0.952 bits per heavy atom. The molecule has 2 aromatic heterocycles. The number of carbonyl (C=O) groups is 2. The van der Waals surface area contributed by atoms with Crippen LogP contribution in [-0.4, -0.2) is 34.2 Å². The summed E-state index contributed by atoms with van der Waals surface area (Å²) in [6.45, 7) is 8.15. The van der Waals surface area contributed by atoms with Crippen molar-refractivity contribution in [3.63, 3.8) is 0 Å². The molecule has 1 amide bonds. The van der Waals surface area contributed by atoms with Gasteiger partial charge in [-0.3, -0.25) is 4.79 Å². The van der Waals surface area contributed by atoms with Crippen molar-refractivity contribution in [2.45, 2.75) is 27.7 Å². The molecule has 0 saturated carbocycles. The van der Waals surface area contributed by atoms with E-state index in [9.17, 15) is 9.59 Å². The molecular formula is C33H31N5O3S. The first kappa shape index (κ1) is 28.5. The third-order valence-electron chi connectivity index (χ3n) is 6.73. The van der Waals surface area contributed by atoms with E-state index in [1.807, 2.05) is 61.7 Å². The highest BCUT2D eigenvalue weighted by molar-refractivity contribution is 7.14. The van der Waals surface area contributed by atoms with Crippen LogP contribution in [-0.2, 0) is 4.74 Å². The van der Waals surface area contributed by atoms with Crippen LogP contribution >= 0.6 is 11.3 Å². The number of carbonyl (C=O) groups excluding carboxylic acids is 2. The highest BCUT2D eigenvalue weighted by atomic mass is 32.1. The Balaban J connectivity index is 1.21. The van der Waals surface area contributed by atoms with Crippen LogP contribution in [0.5, 0.6) is 0 Å². The molecule has 5 rings (SSSR count). The number of ether oxygens (including phenoxy) is 1. The third kappa shape index (κ3) is 6.47. The molecule has 0 unspecified atom stereocenters. The smallest absolute Gasteiger partial charge is 0.338 e. The molecule has 0 aliphatic carbocycles. The molecule has 212 valence electrons. The van der Waals surface area contributed by atoms with E-state index in [1.54, 1.807) is 37.4 Å². The number of thiazole rings is 1. The van der Waals surface area contributed by atoms with Crippen molar-refractivity contribution in [1.29, 1.82) is 0 Å². The molecule has 0 aliphatic heterocycles. The van der Waals surface area contributed by atoms with Gasteiger partial charge >= 0.3 is 5.97 Å². The van der Waals surface area contributed by atoms with E-state index in [4.69, 9.17) is 4.74 Å². The van der Waals surface area contributed by atoms with Crippen molar-refractivity contribution in [2.75, 3.05) is 11.9 Å². The number of aromatic nitrogens is 2. The van der Waals surface area contributed by atoms with E-state index in [1.165, 1.54) is 16.9 Å². The highest BCUT2D eigenvalue weighted by Gasteiger charge is 2.12. The Bertz CT molecular complexity index is 1730. The minimum atomic E-state index is -0.341. The second kappa shape index (κ2) is 12.7. The van der Waals surface area contributed by atoms with Crippen LogP contribution in [0.2, 0.25) is 0 Å². The standard InChI is InChI=1S/C33H31N5O3S/c1-5-41-32(40)26-12-16-29(17-13-26)38-22(3)18-27(23(38)4)19-34-37-31(39)25-10-8-24(9-11-25)30-20-42-33(36-30)35-28-14-6-21(2)7-15-28/h6-20H,5H2,1-4H3,(H,35,36)(H,37,39)/b34-19-. The topological polar surface area (TPSA) is 97.6 Å². The van der Waals surface area contributed by atoms with Crippen molar-refractivity contribution in [3.05, 3.63) is 118 Å². The van der Waals surface area contributed by atoms with Gasteiger partial charge in [0.05, 0.1) is 24.1 Å². The normalized spacial score (nSPS) is 11.0. The summed E-state index contributed by atoms with van der Waals surface area (Å²) in [6.07, 6.45) is 1.63. The van der Waals surface area contributed by atoms with E-state index >= 15 is 0 Å². The van der Waals surface area contributed by atoms with Crippen LogP contribution in [0.25, 0.3) is 16.9 Å². The summed E-state index contributed by atoms with van der Waals surface area (Å²) in [7, 11) is 0. The largest absolute Gasteiger partial charge is 0.462 e. The molecule has 0 radical (unpaired) electrons. The molecule has 8 nitrogen and oxygen atoms in total. The van der Waals surface area contributed by atoms with Gasteiger partial charge in [-0.05, 0) is 82.3 Å². The predicted octanol–water partition coefficient (Wildman–Crippen LogP) is 7.21. The minimum Gasteiger partial charge on any atom is -0.462 e. The van der Waals surface area contributed by atoms with E-state index in [0.29, 0.717) is 17.7 Å². The molecule has 2 N–H and O–H groups in total. The maximum absolute atomic E-state index is 12.7. The van der Waals surface area contributed by atoms with Gasteiger partial charge in [-0.2, -0.15) is 5.10 Å². The van der Waals surface area contributed by atoms with Crippen molar-refractivity contribution in [3.8, 4) is 16.9 Å². The lowest BCUT2D eigenvalue weighted by Gasteiger charge is -2.10. The first-order chi connectivity index (χ1) is 20.3. The zero-order valence-electron chi connectivity index (χ0n) is 23.8. The third-order valence-corrected chi connectivity index (χ3v) is 7.48. The number of hydrogen-bond acceptors (Lipinski definition) is 7. The molecule has 0 spiro atoms. The number of anilines is 2. The van der Waals surface area contributed by atoms with Crippen molar-refractivity contribution >= 4 is 40.2 Å². The number of nitrogens with zero attached hydrogens (tertiary/aromatic N) is 3. The first-order valence-corrected chi connectivity index (χ1v) is 14.4. The number of nitrogens with one attached hydrogen (secondary N) is 2. The lowest BCUT2D eigenvalue weighted by molar-refractivity contribution is 0.0526. The van der Waals surface area contributed by atoms with Crippen molar-refractivity contribution in [2.24, 2.45) is 5.10 Å². The predicted molar refractivity (Wildman–Crippen MR) is 168 cm³/mol. The SMILES string of the molecule is CCOC(=O)c1ccc(-n2c(C)cc(/C=N\NC(=O)c3ccc(-c4csc(Nc5ccc(C)cc5)n4)cc3)c2C)cc1. The van der Waals surface area contributed by atoms with Gasteiger partial charge in [0.25, 0.3) is 5.91 Å². The fourth-order valence-corrected chi connectivity index (χ4v) is 5.26. The molecule has 2 heterocycles.